The van der Waals surface area contributed by atoms with Crippen LogP contribution in [-0.4, -0.2) is 26.3 Å². The lowest BCUT2D eigenvalue weighted by molar-refractivity contribution is -0.115. The summed E-state index contributed by atoms with van der Waals surface area (Å²) < 4.78 is 9.56. The Balaban J connectivity index is 1.71. The zero-order valence-corrected chi connectivity index (χ0v) is 15.8. The van der Waals surface area contributed by atoms with Crippen molar-refractivity contribution in [3.05, 3.63) is 59.2 Å². The molecule has 0 saturated heterocycles. The Kier molecular flexibility index (Phi) is 4.65. The summed E-state index contributed by atoms with van der Waals surface area (Å²) in [4.78, 5) is 21.9. The van der Waals surface area contributed by atoms with Crippen molar-refractivity contribution in [3.63, 3.8) is 0 Å². The Bertz CT molecular complexity index is 1070. The molecule has 27 heavy (non-hydrogen) atoms. The van der Waals surface area contributed by atoms with Gasteiger partial charge in [0.15, 0.2) is 0 Å². The zero-order chi connectivity index (χ0) is 19.0. The number of amides is 1. The number of halogens is 1. The summed E-state index contributed by atoms with van der Waals surface area (Å²) in [6, 6.07) is 12.6. The third-order valence-corrected chi connectivity index (χ3v) is 5.28. The van der Waals surface area contributed by atoms with Crippen molar-refractivity contribution < 1.29 is 9.35 Å². The van der Waals surface area contributed by atoms with Crippen LogP contribution in [0, 0.1) is 0 Å². The molecule has 0 aliphatic carbocycles. The van der Waals surface area contributed by atoms with E-state index in [9.17, 15) is 9.35 Å². The number of hydrogen-bond donors (Lipinski definition) is 3. The van der Waals surface area contributed by atoms with Gasteiger partial charge in [0.2, 0.25) is 11.9 Å². The molecule has 0 radical (unpaired) electrons. The van der Waals surface area contributed by atoms with Gasteiger partial charge in [0, 0.05) is 38.8 Å². The summed E-state index contributed by atoms with van der Waals surface area (Å²) >= 11 is 6.06. The number of fused-ring (bicyclic) bond motifs is 3. The highest BCUT2D eigenvalue weighted by molar-refractivity contribution is 7.88. The van der Waals surface area contributed by atoms with Crippen LogP contribution in [0.3, 0.4) is 0 Å². The third-order valence-electron chi connectivity index (χ3n) is 4.15. The molecule has 1 amide bonds. The van der Waals surface area contributed by atoms with E-state index in [1.807, 2.05) is 30.3 Å². The van der Waals surface area contributed by atoms with Crippen molar-refractivity contribution in [2.45, 2.75) is 11.3 Å². The molecule has 1 atom stereocenters. The minimum Gasteiger partial charge on any atom is -0.325 e. The molecule has 0 fully saturated rings. The number of aromatic nitrogens is 2. The number of benzene rings is 2. The number of nitrogens with zero attached hydrogens (tertiary/aromatic N) is 2. The van der Waals surface area contributed by atoms with Crippen LogP contribution in [0.1, 0.15) is 5.56 Å². The van der Waals surface area contributed by atoms with Crippen LogP contribution in [-0.2, 0) is 22.0 Å². The summed E-state index contributed by atoms with van der Waals surface area (Å²) in [6.07, 6.45) is 1.85. The van der Waals surface area contributed by atoms with E-state index in [4.69, 9.17) is 11.6 Å². The zero-order valence-electron chi connectivity index (χ0n) is 14.1. The van der Waals surface area contributed by atoms with Crippen LogP contribution in [0.5, 0.6) is 0 Å². The fourth-order valence-electron chi connectivity index (χ4n) is 2.87. The SMILES string of the molecule is C=[SH+](O)c1ccc(Nc2ncc3c(n2)-c2ccc(Cl)cc2NC(=O)C3)cc1. The van der Waals surface area contributed by atoms with E-state index in [0.717, 1.165) is 21.7 Å². The number of rotatable bonds is 3. The number of carbonyl (C=O) groups is 1. The molecule has 1 aliphatic heterocycles. The monoisotopic (exact) mass is 399 g/mol. The molecular weight excluding hydrogens is 384 g/mol. The number of nitrogens with one attached hydrogen (secondary N) is 2. The molecule has 1 aliphatic rings. The Morgan fingerprint density at radius 2 is 2.00 bits per heavy atom. The first-order chi connectivity index (χ1) is 13.0. The lowest BCUT2D eigenvalue weighted by Crippen LogP contribution is -2.12. The van der Waals surface area contributed by atoms with Gasteiger partial charge in [-0.3, -0.25) is 4.79 Å². The second-order valence-electron chi connectivity index (χ2n) is 6.05. The topological polar surface area (TPSA) is 87.1 Å². The van der Waals surface area contributed by atoms with Gasteiger partial charge in [-0.15, -0.1) is 0 Å². The largest absolute Gasteiger partial charge is 0.325 e. The molecule has 0 bridgehead atoms. The molecule has 3 aromatic rings. The Morgan fingerprint density at radius 1 is 1.22 bits per heavy atom. The molecule has 0 spiro atoms. The number of carbonyl (C=O) groups excluding carboxylic acids is 1. The molecular formula is C19H16ClN4O2S+. The van der Waals surface area contributed by atoms with Crippen LogP contribution in [0.2, 0.25) is 5.02 Å². The first-order valence-electron chi connectivity index (χ1n) is 8.12. The standard InChI is InChI=1S/C19H15ClN4O2S/c1-27(26)14-5-3-13(4-6-14)22-19-21-10-11-8-17(25)23-16-9-12(20)2-7-15(16)18(11)24-19/h2-7,9-10,26H,1,8H2,(H,23,25)(H,21,22,24)/p+1. The molecule has 2 aromatic carbocycles. The van der Waals surface area contributed by atoms with Gasteiger partial charge in [-0.05, 0) is 42.5 Å². The van der Waals surface area contributed by atoms with Crippen LogP contribution < -0.4 is 10.6 Å². The van der Waals surface area contributed by atoms with Crippen LogP contribution in [0.4, 0.5) is 17.3 Å². The molecule has 8 heteroatoms. The average Bonchev–Trinajstić information content (AvgIpc) is 2.77. The van der Waals surface area contributed by atoms with Crippen molar-refractivity contribution in [1.82, 2.24) is 9.97 Å². The molecule has 4 rings (SSSR count). The highest BCUT2D eigenvalue weighted by atomic mass is 35.5. The van der Waals surface area contributed by atoms with E-state index in [-0.39, 0.29) is 12.3 Å². The molecule has 1 unspecified atom stereocenters. The van der Waals surface area contributed by atoms with Gasteiger partial charge in [0.05, 0.1) is 23.7 Å². The van der Waals surface area contributed by atoms with Gasteiger partial charge in [0.25, 0.3) is 0 Å². The number of thiol groups is 1. The molecule has 0 saturated carbocycles. The van der Waals surface area contributed by atoms with E-state index >= 15 is 0 Å². The normalized spacial score (nSPS) is 13.8. The molecule has 136 valence electrons. The molecule has 3 N–H and O–H groups in total. The van der Waals surface area contributed by atoms with E-state index in [1.54, 1.807) is 18.3 Å². The maximum atomic E-state index is 12.1. The first-order valence-corrected chi connectivity index (χ1v) is 9.97. The van der Waals surface area contributed by atoms with Gasteiger partial charge in [-0.1, -0.05) is 11.6 Å². The van der Waals surface area contributed by atoms with Crippen molar-refractivity contribution in [1.29, 1.82) is 0 Å². The third kappa shape index (κ3) is 3.71. The Labute approximate surface area is 163 Å². The second-order valence-corrected chi connectivity index (χ2v) is 7.81. The predicted octanol–water partition coefficient (Wildman–Crippen LogP) is 3.65. The lowest BCUT2D eigenvalue weighted by Gasteiger charge is -2.11. The van der Waals surface area contributed by atoms with Crippen LogP contribution >= 0.6 is 11.6 Å². The smallest absolute Gasteiger partial charge is 0.228 e. The average molecular weight is 400 g/mol. The van der Waals surface area contributed by atoms with E-state index in [2.05, 4.69) is 26.5 Å². The van der Waals surface area contributed by atoms with Crippen molar-refractivity contribution in [2.75, 3.05) is 10.6 Å². The van der Waals surface area contributed by atoms with Gasteiger partial charge in [-0.2, -0.15) is 0 Å². The minimum absolute atomic E-state index is 0.133. The second kappa shape index (κ2) is 7.11. The fraction of sp³-hybridized carbons (Fsp3) is 0.0526. The van der Waals surface area contributed by atoms with E-state index in [0.29, 0.717) is 22.4 Å². The first kappa shape index (κ1) is 17.7. The lowest BCUT2D eigenvalue weighted by atomic mass is 10.1. The fourth-order valence-corrected chi connectivity index (χ4v) is 3.53. The maximum absolute atomic E-state index is 12.1. The summed E-state index contributed by atoms with van der Waals surface area (Å²) in [5.74, 6) is 3.93. The van der Waals surface area contributed by atoms with E-state index < -0.39 is 10.8 Å². The predicted molar refractivity (Wildman–Crippen MR) is 111 cm³/mol. The highest BCUT2D eigenvalue weighted by Crippen LogP contribution is 2.34. The summed E-state index contributed by atoms with van der Waals surface area (Å²) in [5, 5.41) is 6.54. The number of hydrogen-bond acceptors (Lipinski definition) is 5. The quantitative estimate of drug-likeness (QED) is 0.355. The molecule has 1 aromatic heterocycles. The van der Waals surface area contributed by atoms with Crippen LogP contribution in [0.25, 0.3) is 11.3 Å². The Morgan fingerprint density at radius 3 is 2.74 bits per heavy atom. The van der Waals surface area contributed by atoms with Gasteiger partial charge in [0.1, 0.15) is 4.90 Å². The van der Waals surface area contributed by atoms with E-state index in [1.165, 1.54) is 0 Å². The van der Waals surface area contributed by atoms with Gasteiger partial charge < -0.3 is 10.6 Å². The Hall–Kier alpha value is -2.74. The molecule has 2 heterocycles. The van der Waals surface area contributed by atoms with Gasteiger partial charge >= 0.3 is 0 Å². The summed E-state index contributed by atoms with van der Waals surface area (Å²) in [7, 11) is -1.37. The van der Waals surface area contributed by atoms with Crippen molar-refractivity contribution in [3.8, 4) is 11.3 Å². The number of anilines is 3. The highest BCUT2D eigenvalue weighted by Gasteiger charge is 2.21. The van der Waals surface area contributed by atoms with Crippen LogP contribution in [0.15, 0.2) is 53.6 Å². The van der Waals surface area contributed by atoms with Crippen molar-refractivity contribution in [2.24, 2.45) is 0 Å². The summed E-state index contributed by atoms with van der Waals surface area (Å²) in [6.45, 7) is 0. The molecule has 6 nitrogen and oxygen atoms in total. The van der Waals surface area contributed by atoms with Gasteiger partial charge in [-0.25, -0.2) is 14.5 Å². The van der Waals surface area contributed by atoms with Crippen molar-refractivity contribution >= 4 is 51.5 Å². The maximum Gasteiger partial charge on any atom is 0.228 e. The summed E-state index contributed by atoms with van der Waals surface area (Å²) in [5.41, 5.74) is 3.65. The minimum atomic E-state index is -1.37.